The first kappa shape index (κ1) is 24.7. The van der Waals surface area contributed by atoms with Crippen LogP contribution >= 0.6 is 0 Å². The number of esters is 1. The second kappa shape index (κ2) is 10.1. The van der Waals surface area contributed by atoms with Gasteiger partial charge in [-0.3, -0.25) is 14.5 Å². The van der Waals surface area contributed by atoms with Crippen LogP contribution in [0.2, 0.25) is 0 Å². The van der Waals surface area contributed by atoms with Crippen LogP contribution in [0.1, 0.15) is 46.9 Å². The molecule has 184 valence electrons. The lowest BCUT2D eigenvalue weighted by atomic mass is 9.94. The Labute approximate surface area is 209 Å². The zero-order chi connectivity index (χ0) is 26.0. The van der Waals surface area contributed by atoms with Crippen LogP contribution in [0.15, 0.2) is 78.4 Å². The Bertz CT molecular complexity index is 1370. The number of aliphatic hydroxyl groups is 1. The van der Waals surface area contributed by atoms with E-state index in [1.807, 2.05) is 25.1 Å². The number of para-hydroxylation sites is 1. The van der Waals surface area contributed by atoms with E-state index in [0.717, 1.165) is 5.56 Å². The molecule has 0 bridgehead atoms. The molecule has 0 aromatic heterocycles. The minimum atomic E-state index is -0.925. The molecule has 3 aromatic rings. The highest BCUT2D eigenvalue weighted by molar-refractivity contribution is 6.51. The van der Waals surface area contributed by atoms with E-state index < -0.39 is 23.7 Å². The van der Waals surface area contributed by atoms with Crippen molar-refractivity contribution in [1.29, 1.82) is 0 Å². The van der Waals surface area contributed by atoms with Gasteiger partial charge in [-0.15, -0.1) is 0 Å². The predicted molar refractivity (Wildman–Crippen MR) is 136 cm³/mol. The molecule has 1 heterocycles. The zero-order valence-corrected chi connectivity index (χ0v) is 20.5. The number of hydrogen-bond donors (Lipinski definition) is 1. The van der Waals surface area contributed by atoms with Gasteiger partial charge < -0.3 is 14.6 Å². The van der Waals surface area contributed by atoms with Crippen LogP contribution in [0.5, 0.6) is 5.75 Å². The van der Waals surface area contributed by atoms with Crippen molar-refractivity contribution in [3.8, 4) is 5.75 Å². The summed E-state index contributed by atoms with van der Waals surface area (Å²) in [5.74, 6) is -2.16. The maximum absolute atomic E-state index is 13.4. The molecule has 7 nitrogen and oxygen atoms in total. The van der Waals surface area contributed by atoms with Crippen LogP contribution < -0.4 is 9.64 Å². The van der Waals surface area contributed by atoms with Crippen LogP contribution in [-0.2, 0) is 14.3 Å². The number of amides is 1. The first-order valence-electron chi connectivity index (χ1n) is 11.5. The van der Waals surface area contributed by atoms with E-state index >= 15 is 0 Å². The van der Waals surface area contributed by atoms with E-state index in [0.29, 0.717) is 22.6 Å². The third-order valence-corrected chi connectivity index (χ3v) is 5.87. The lowest BCUT2D eigenvalue weighted by Crippen LogP contribution is -2.29. The molecule has 1 amide bonds. The van der Waals surface area contributed by atoms with Crippen LogP contribution in [0.3, 0.4) is 0 Å². The Morgan fingerprint density at radius 3 is 2.39 bits per heavy atom. The van der Waals surface area contributed by atoms with E-state index in [1.165, 1.54) is 18.1 Å². The van der Waals surface area contributed by atoms with Crippen LogP contribution in [0.4, 0.5) is 5.69 Å². The van der Waals surface area contributed by atoms with Gasteiger partial charge in [-0.25, -0.2) is 4.79 Å². The summed E-state index contributed by atoms with van der Waals surface area (Å²) in [6.45, 7) is 5.39. The number of aryl methyl sites for hydroxylation is 1. The molecule has 1 N–H and O–H groups in total. The minimum absolute atomic E-state index is 0.0646. The average Bonchev–Trinajstić information content (AvgIpc) is 3.13. The number of carbonyl (C=O) groups is 3. The Hall–Kier alpha value is -4.39. The maximum atomic E-state index is 13.4. The third kappa shape index (κ3) is 4.60. The van der Waals surface area contributed by atoms with Crippen LogP contribution in [0.25, 0.3) is 5.76 Å². The number of rotatable bonds is 6. The molecule has 0 spiro atoms. The summed E-state index contributed by atoms with van der Waals surface area (Å²) in [6, 6.07) is 19.6. The molecule has 1 unspecified atom stereocenters. The van der Waals surface area contributed by atoms with Crippen LogP contribution in [0, 0.1) is 6.92 Å². The monoisotopic (exact) mass is 485 g/mol. The van der Waals surface area contributed by atoms with Crippen molar-refractivity contribution in [1.82, 2.24) is 0 Å². The molecule has 1 saturated heterocycles. The van der Waals surface area contributed by atoms with Gasteiger partial charge >= 0.3 is 5.97 Å². The fourth-order valence-electron chi connectivity index (χ4n) is 4.30. The zero-order valence-electron chi connectivity index (χ0n) is 20.5. The summed E-state index contributed by atoms with van der Waals surface area (Å²) in [4.78, 5) is 40.7. The molecular weight excluding hydrogens is 458 g/mol. The molecule has 1 aliphatic heterocycles. The van der Waals surface area contributed by atoms with Gasteiger partial charge in [0.1, 0.15) is 11.5 Å². The summed E-state index contributed by atoms with van der Waals surface area (Å²) >= 11 is 0. The fourth-order valence-corrected chi connectivity index (χ4v) is 4.30. The number of ether oxygens (including phenoxy) is 2. The quantitative estimate of drug-likeness (QED) is 0.223. The second-order valence-corrected chi connectivity index (χ2v) is 8.79. The fraction of sp³-hybridized carbons (Fsp3) is 0.207. The lowest BCUT2D eigenvalue weighted by molar-refractivity contribution is -0.132. The highest BCUT2D eigenvalue weighted by Crippen LogP contribution is 2.43. The van der Waals surface area contributed by atoms with E-state index in [2.05, 4.69) is 0 Å². The van der Waals surface area contributed by atoms with Gasteiger partial charge in [0, 0.05) is 5.69 Å². The molecular formula is C29H27NO6. The number of hydrogen-bond acceptors (Lipinski definition) is 6. The first-order valence-corrected chi connectivity index (χ1v) is 11.5. The van der Waals surface area contributed by atoms with Crippen molar-refractivity contribution >= 4 is 29.1 Å². The van der Waals surface area contributed by atoms with Gasteiger partial charge in [0.25, 0.3) is 11.7 Å². The molecule has 4 rings (SSSR count). The maximum Gasteiger partial charge on any atom is 0.338 e. The van der Waals surface area contributed by atoms with E-state index in [9.17, 15) is 19.5 Å². The number of carbonyl (C=O) groups excluding carboxylic acids is 3. The summed E-state index contributed by atoms with van der Waals surface area (Å²) in [6.07, 6.45) is -0.316. The molecule has 0 aliphatic carbocycles. The predicted octanol–water partition coefficient (Wildman–Crippen LogP) is 5.20. The number of anilines is 1. The number of nitrogens with zero attached hydrogens (tertiary/aromatic N) is 1. The molecule has 1 atom stereocenters. The number of ketones is 1. The number of aliphatic hydroxyl groups excluding tert-OH is 1. The largest absolute Gasteiger partial charge is 0.507 e. The Morgan fingerprint density at radius 2 is 1.69 bits per heavy atom. The molecule has 0 saturated carbocycles. The normalized spacial score (nSPS) is 16.9. The van der Waals surface area contributed by atoms with Crippen LogP contribution in [-0.4, -0.2) is 36.0 Å². The van der Waals surface area contributed by atoms with Crippen molar-refractivity contribution in [3.05, 3.63) is 101 Å². The standard InChI is InChI=1S/C29H27NO6/c1-17(2)36-29(34)20-11-8-12-21(16-20)30-25(19-10-7-9-18(3)15-19)24(27(32)28(30)33)26(31)22-13-5-6-14-23(22)35-4/h5-17,25,31H,1-4H3/b26-24+. The number of Topliss-reactive ketones (excluding diaryl/α,β-unsaturated/α-hetero) is 1. The summed E-state index contributed by atoms with van der Waals surface area (Å²) in [5.41, 5.74) is 2.37. The third-order valence-electron chi connectivity index (χ3n) is 5.87. The summed E-state index contributed by atoms with van der Waals surface area (Å²) < 4.78 is 10.7. The molecule has 1 aliphatic rings. The summed E-state index contributed by atoms with van der Waals surface area (Å²) in [7, 11) is 1.46. The van der Waals surface area contributed by atoms with Gasteiger partial charge in [-0.2, -0.15) is 0 Å². The van der Waals surface area contributed by atoms with E-state index in [-0.39, 0.29) is 23.0 Å². The topological polar surface area (TPSA) is 93.1 Å². The first-order chi connectivity index (χ1) is 17.2. The SMILES string of the molecule is COc1ccccc1/C(O)=C1\C(=O)C(=O)N(c2cccc(C(=O)OC(C)C)c2)C1c1cccc(C)c1. The average molecular weight is 486 g/mol. The minimum Gasteiger partial charge on any atom is -0.507 e. The van der Waals surface area contributed by atoms with Gasteiger partial charge in [-0.05, 0) is 56.7 Å². The van der Waals surface area contributed by atoms with Gasteiger partial charge in [0.05, 0.1) is 36.0 Å². The van der Waals surface area contributed by atoms with Crippen molar-refractivity contribution in [3.63, 3.8) is 0 Å². The second-order valence-electron chi connectivity index (χ2n) is 8.79. The van der Waals surface area contributed by atoms with Gasteiger partial charge in [0.15, 0.2) is 0 Å². The van der Waals surface area contributed by atoms with Gasteiger partial charge in [-0.1, -0.05) is 48.0 Å². The number of methoxy groups -OCH3 is 1. The van der Waals surface area contributed by atoms with E-state index in [4.69, 9.17) is 9.47 Å². The molecule has 36 heavy (non-hydrogen) atoms. The molecule has 1 fully saturated rings. The smallest absolute Gasteiger partial charge is 0.338 e. The Balaban J connectivity index is 1.92. The van der Waals surface area contributed by atoms with Gasteiger partial charge in [0.2, 0.25) is 0 Å². The molecule has 7 heteroatoms. The Kier molecular flexibility index (Phi) is 6.92. The van der Waals surface area contributed by atoms with Crippen molar-refractivity contribution in [2.24, 2.45) is 0 Å². The lowest BCUT2D eigenvalue weighted by Gasteiger charge is -2.26. The van der Waals surface area contributed by atoms with Crippen molar-refractivity contribution in [2.45, 2.75) is 32.9 Å². The van der Waals surface area contributed by atoms with E-state index in [1.54, 1.807) is 62.4 Å². The highest BCUT2D eigenvalue weighted by atomic mass is 16.5. The molecule has 0 radical (unpaired) electrons. The summed E-state index contributed by atoms with van der Waals surface area (Å²) in [5, 5.41) is 11.4. The van der Waals surface area contributed by atoms with Crippen molar-refractivity contribution in [2.75, 3.05) is 12.0 Å². The molecule has 3 aromatic carbocycles. The highest BCUT2D eigenvalue weighted by Gasteiger charge is 2.47. The number of benzene rings is 3. The van der Waals surface area contributed by atoms with Crippen molar-refractivity contribution < 1.29 is 29.0 Å². The Morgan fingerprint density at radius 1 is 0.972 bits per heavy atom.